The standard InChI is InChI=1S/C15H18N4O3.C2HF3O2/c16-13(20)10-5-9-6-15(14(17)21,11-1-3-22-4-2-11)19-8-12(9)18-7-10;3-2(4,5)1(6)7/h5,7-8,11H,1-4,6H2,(H2,16,20)(H2,17,21);(H,6,7). The largest absolute Gasteiger partial charge is 0.490 e. The van der Waals surface area contributed by atoms with Crippen molar-refractivity contribution in [2.75, 3.05) is 13.2 Å². The highest BCUT2D eigenvalue weighted by molar-refractivity contribution is 5.95. The Labute approximate surface area is 162 Å². The molecule has 0 radical (unpaired) electrons. The monoisotopic (exact) mass is 416 g/mol. The van der Waals surface area contributed by atoms with Crippen LogP contribution in [-0.2, 0) is 20.7 Å². The van der Waals surface area contributed by atoms with Crippen LogP contribution in [-0.4, -0.2) is 59.0 Å². The normalized spacial score (nSPS) is 21.5. The number of alkyl halides is 3. The summed E-state index contributed by atoms with van der Waals surface area (Å²) in [6.07, 6.45) is -0.285. The van der Waals surface area contributed by atoms with Crippen LogP contribution in [0.5, 0.6) is 0 Å². The molecule has 1 aromatic rings. The van der Waals surface area contributed by atoms with Crippen molar-refractivity contribution in [1.29, 1.82) is 0 Å². The Morgan fingerprint density at radius 1 is 1.21 bits per heavy atom. The second kappa shape index (κ2) is 8.55. The van der Waals surface area contributed by atoms with Gasteiger partial charge in [-0.3, -0.25) is 19.6 Å². The van der Waals surface area contributed by atoms with Crippen molar-refractivity contribution in [3.63, 3.8) is 0 Å². The molecule has 1 saturated heterocycles. The molecule has 1 unspecified atom stereocenters. The van der Waals surface area contributed by atoms with Crippen LogP contribution in [0.2, 0.25) is 0 Å². The molecule has 9 nitrogen and oxygen atoms in total. The number of rotatable bonds is 3. The minimum Gasteiger partial charge on any atom is -0.475 e. The van der Waals surface area contributed by atoms with Crippen LogP contribution in [0.25, 0.3) is 0 Å². The lowest BCUT2D eigenvalue weighted by Crippen LogP contribution is -2.53. The van der Waals surface area contributed by atoms with E-state index in [1.165, 1.54) is 6.20 Å². The van der Waals surface area contributed by atoms with Crippen LogP contribution in [0.1, 0.15) is 34.5 Å². The van der Waals surface area contributed by atoms with Crippen molar-refractivity contribution < 1.29 is 37.4 Å². The van der Waals surface area contributed by atoms with E-state index in [4.69, 9.17) is 26.1 Å². The van der Waals surface area contributed by atoms with Gasteiger partial charge in [-0.05, 0) is 30.4 Å². The molecule has 3 heterocycles. The number of ether oxygens (including phenoxy) is 1. The fraction of sp³-hybridized carbons (Fsp3) is 0.471. The molecule has 3 rings (SSSR count). The SMILES string of the molecule is NC(=O)c1cnc2c(c1)CC(C(N)=O)(C1CCOCC1)N=C2.O=C(O)C(F)(F)F. The minimum atomic E-state index is -5.08. The number of carbonyl (C=O) groups excluding carboxylic acids is 2. The zero-order valence-corrected chi connectivity index (χ0v) is 15.1. The number of hydrogen-bond acceptors (Lipinski definition) is 6. The molecule has 1 fully saturated rings. The van der Waals surface area contributed by atoms with E-state index in [9.17, 15) is 22.8 Å². The predicted molar refractivity (Wildman–Crippen MR) is 93.2 cm³/mol. The summed E-state index contributed by atoms with van der Waals surface area (Å²) in [4.78, 5) is 41.0. The summed E-state index contributed by atoms with van der Waals surface area (Å²) in [5.74, 6) is -3.73. The molecule has 2 aliphatic rings. The average Bonchev–Trinajstić information content (AvgIpc) is 2.67. The summed E-state index contributed by atoms with van der Waals surface area (Å²) in [6.45, 7) is 1.20. The Bertz CT molecular complexity index is 837. The summed E-state index contributed by atoms with van der Waals surface area (Å²) in [6, 6.07) is 1.67. The maximum absolute atomic E-state index is 12.2. The van der Waals surface area contributed by atoms with Gasteiger partial charge >= 0.3 is 12.1 Å². The van der Waals surface area contributed by atoms with Gasteiger partial charge in [0.1, 0.15) is 5.54 Å². The molecule has 158 valence electrons. The molecule has 0 aliphatic carbocycles. The maximum atomic E-state index is 12.2. The van der Waals surface area contributed by atoms with Crippen molar-refractivity contribution in [2.45, 2.75) is 31.0 Å². The van der Waals surface area contributed by atoms with Crippen LogP contribution in [0.3, 0.4) is 0 Å². The number of nitrogens with zero attached hydrogens (tertiary/aromatic N) is 2. The van der Waals surface area contributed by atoms with E-state index in [2.05, 4.69) is 9.98 Å². The summed E-state index contributed by atoms with van der Waals surface area (Å²) in [5, 5.41) is 7.12. The summed E-state index contributed by atoms with van der Waals surface area (Å²) in [5.41, 5.74) is 11.7. The first-order chi connectivity index (χ1) is 13.5. The van der Waals surface area contributed by atoms with E-state index in [1.54, 1.807) is 12.3 Å². The molecule has 2 amide bonds. The van der Waals surface area contributed by atoms with Gasteiger partial charge in [-0.25, -0.2) is 4.79 Å². The van der Waals surface area contributed by atoms with Gasteiger partial charge in [0, 0.05) is 32.0 Å². The van der Waals surface area contributed by atoms with E-state index in [-0.39, 0.29) is 5.92 Å². The highest BCUT2D eigenvalue weighted by Crippen LogP contribution is 2.36. The van der Waals surface area contributed by atoms with Crippen LogP contribution >= 0.6 is 0 Å². The van der Waals surface area contributed by atoms with Gasteiger partial charge in [0.25, 0.3) is 0 Å². The lowest BCUT2D eigenvalue weighted by Gasteiger charge is -2.39. The fourth-order valence-electron chi connectivity index (χ4n) is 3.20. The first-order valence-electron chi connectivity index (χ1n) is 8.49. The molecule has 5 N–H and O–H groups in total. The number of carboxylic acids is 1. The number of nitrogens with two attached hydrogens (primary N) is 2. The molecule has 12 heteroatoms. The third kappa shape index (κ3) is 5.08. The van der Waals surface area contributed by atoms with E-state index in [0.717, 1.165) is 18.4 Å². The smallest absolute Gasteiger partial charge is 0.475 e. The fourth-order valence-corrected chi connectivity index (χ4v) is 3.20. The first kappa shape index (κ1) is 22.3. The molecule has 29 heavy (non-hydrogen) atoms. The molecule has 0 saturated carbocycles. The quantitative estimate of drug-likeness (QED) is 0.649. The van der Waals surface area contributed by atoms with Crippen LogP contribution in [0.4, 0.5) is 13.2 Å². The second-order valence-corrected chi connectivity index (χ2v) is 6.55. The van der Waals surface area contributed by atoms with Crippen LogP contribution in [0, 0.1) is 5.92 Å². The number of aromatic nitrogens is 1. The highest BCUT2D eigenvalue weighted by Gasteiger charge is 2.46. The van der Waals surface area contributed by atoms with Gasteiger partial charge in [0.15, 0.2) is 0 Å². The molecular weight excluding hydrogens is 397 g/mol. The zero-order chi connectivity index (χ0) is 21.8. The Balaban J connectivity index is 0.000000370. The molecule has 1 atom stereocenters. The van der Waals surface area contributed by atoms with E-state index >= 15 is 0 Å². The average molecular weight is 416 g/mol. The second-order valence-electron chi connectivity index (χ2n) is 6.55. The number of aliphatic carboxylic acids is 1. The number of hydrogen-bond donors (Lipinski definition) is 3. The Morgan fingerprint density at radius 2 is 1.79 bits per heavy atom. The number of fused-ring (bicyclic) bond motifs is 1. The highest BCUT2D eigenvalue weighted by atomic mass is 19.4. The lowest BCUT2D eigenvalue weighted by molar-refractivity contribution is -0.192. The molecule has 0 spiro atoms. The van der Waals surface area contributed by atoms with Crippen molar-refractivity contribution in [3.8, 4) is 0 Å². The Hall–Kier alpha value is -3.02. The minimum absolute atomic E-state index is 0.0281. The van der Waals surface area contributed by atoms with Crippen molar-refractivity contribution in [2.24, 2.45) is 22.4 Å². The number of amides is 2. The summed E-state index contributed by atoms with van der Waals surface area (Å²) in [7, 11) is 0. The number of halogens is 3. The third-order valence-electron chi connectivity index (χ3n) is 4.73. The van der Waals surface area contributed by atoms with Crippen LogP contribution in [0.15, 0.2) is 17.3 Å². The topological polar surface area (TPSA) is 158 Å². The van der Waals surface area contributed by atoms with Gasteiger partial charge in [-0.15, -0.1) is 0 Å². The van der Waals surface area contributed by atoms with Crippen molar-refractivity contribution >= 4 is 24.0 Å². The maximum Gasteiger partial charge on any atom is 0.490 e. The van der Waals surface area contributed by atoms with Gasteiger partial charge in [0.05, 0.1) is 11.3 Å². The van der Waals surface area contributed by atoms with Crippen molar-refractivity contribution in [3.05, 3.63) is 29.1 Å². The molecule has 0 aromatic carbocycles. The molecular formula is C17H19F3N4O5. The lowest BCUT2D eigenvalue weighted by atomic mass is 9.73. The van der Waals surface area contributed by atoms with Gasteiger partial charge in [-0.1, -0.05) is 0 Å². The van der Waals surface area contributed by atoms with E-state index < -0.39 is 29.5 Å². The van der Waals surface area contributed by atoms with E-state index in [0.29, 0.717) is 30.9 Å². The predicted octanol–water partition coefficient (Wildman–Crippen LogP) is 0.439. The number of pyridine rings is 1. The Morgan fingerprint density at radius 3 is 2.28 bits per heavy atom. The summed E-state index contributed by atoms with van der Waals surface area (Å²) < 4.78 is 37.1. The number of carbonyl (C=O) groups is 3. The van der Waals surface area contributed by atoms with Gasteiger partial charge in [-0.2, -0.15) is 13.2 Å². The number of aliphatic imine (C=N–C) groups is 1. The zero-order valence-electron chi connectivity index (χ0n) is 15.1. The van der Waals surface area contributed by atoms with Crippen LogP contribution < -0.4 is 11.5 Å². The number of primary amides is 2. The van der Waals surface area contributed by atoms with E-state index in [1.807, 2.05) is 0 Å². The Kier molecular flexibility index (Phi) is 6.57. The van der Waals surface area contributed by atoms with Gasteiger partial charge < -0.3 is 21.3 Å². The third-order valence-corrected chi connectivity index (χ3v) is 4.73. The first-order valence-corrected chi connectivity index (χ1v) is 8.49. The molecule has 2 aliphatic heterocycles. The molecule has 1 aromatic heterocycles. The summed E-state index contributed by atoms with van der Waals surface area (Å²) >= 11 is 0. The van der Waals surface area contributed by atoms with Crippen molar-refractivity contribution in [1.82, 2.24) is 4.98 Å². The number of carboxylic acid groups (broad SMARTS) is 1. The van der Waals surface area contributed by atoms with Gasteiger partial charge in [0.2, 0.25) is 11.8 Å². The molecule has 0 bridgehead atoms.